The second-order valence-electron chi connectivity index (χ2n) is 4.54. The Morgan fingerprint density at radius 3 is 2.25 bits per heavy atom. The minimum atomic E-state index is -4.24. The molecule has 0 aromatic heterocycles. The number of nitrogens with zero attached hydrogens (tertiary/aromatic N) is 2. The Labute approximate surface area is 94.4 Å². The fourth-order valence-electron chi connectivity index (χ4n) is 2.18. The minimum absolute atomic E-state index is 0.433. The second kappa shape index (κ2) is 5.33. The summed E-state index contributed by atoms with van der Waals surface area (Å²) in [5.41, 5.74) is 5.46. The lowest BCUT2D eigenvalue weighted by molar-refractivity contribution is -0.187. The van der Waals surface area contributed by atoms with Crippen LogP contribution >= 0.6 is 0 Å². The van der Waals surface area contributed by atoms with E-state index in [1.54, 1.807) is 0 Å². The van der Waals surface area contributed by atoms with E-state index in [2.05, 4.69) is 4.90 Å². The molecule has 1 saturated heterocycles. The van der Waals surface area contributed by atoms with Gasteiger partial charge in [-0.25, -0.2) is 0 Å². The summed E-state index contributed by atoms with van der Waals surface area (Å²) in [6.45, 7) is 3.84. The summed E-state index contributed by atoms with van der Waals surface area (Å²) in [6, 6.07) is -2.40. The highest BCUT2D eigenvalue weighted by atomic mass is 19.4. The van der Waals surface area contributed by atoms with Crippen molar-refractivity contribution in [1.29, 1.82) is 0 Å². The van der Waals surface area contributed by atoms with Gasteiger partial charge in [-0.15, -0.1) is 0 Å². The normalized spacial score (nSPS) is 25.1. The highest BCUT2D eigenvalue weighted by Gasteiger charge is 2.45. The molecule has 0 aliphatic carbocycles. The molecule has 6 heteroatoms. The van der Waals surface area contributed by atoms with E-state index in [1.807, 2.05) is 7.05 Å². The van der Waals surface area contributed by atoms with Crippen LogP contribution in [0.1, 0.15) is 13.3 Å². The number of alkyl halides is 3. The molecule has 2 unspecified atom stereocenters. The van der Waals surface area contributed by atoms with Crippen LogP contribution in [0, 0.1) is 0 Å². The van der Waals surface area contributed by atoms with Crippen molar-refractivity contribution < 1.29 is 13.2 Å². The molecule has 3 nitrogen and oxygen atoms in total. The summed E-state index contributed by atoms with van der Waals surface area (Å²) in [6.07, 6.45) is -3.48. The third-order valence-electron chi connectivity index (χ3n) is 2.98. The average Bonchev–Trinajstić information content (AvgIpc) is 2.28. The highest BCUT2D eigenvalue weighted by Crippen LogP contribution is 2.27. The largest absolute Gasteiger partial charge is 0.405 e. The Kier molecular flexibility index (Phi) is 4.58. The van der Waals surface area contributed by atoms with Crippen LogP contribution < -0.4 is 5.73 Å². The van der Waals surface area contributed by atoms with E-state index < -0.39 is 18.3 Å². The van der Waals surface area contributed by atoms with Gasteiger partial charge >= 0.3 is 6.18 Å². The van der Waals surface area contributed by atoms with Gasteiger partial charge in [0.2, 0.25) is 0 Å². The van der Waals surface area contributed by atoms with E-state index in [-0.39, 0.29) is 0 Å². The van der Waals surface area contributed by atoms with Crippen LogP contribution in [-0.4, -0.2) is 61.3 Å². The number of nitrogens with two attached hydrogens (primary N) is 1. The van der Waals surface area contributed by atoms with Crippen molar-refractivity contribution in [3.63, 3.8) is 0 Å². The molecular formula is C10H20F3N3. The topological polar surface area (TPSA) is 32.5 Å². The Morgan fingerprint density at radius 2 is 1.75 bits per heavy atom. The number of hydrogen-bond donors (Lipinski definition) is 1. The van der Waals surface area contributed by atoms with Gasteiger partial charge in [0.15, 0.2) is 0 Å². The van der Waals surface area contributed by atoms with Gasteiger partial charge in [-0.05, 0) is 26.9 Å². The van der Waals surface area contributed by atoms with Crippen molar-refractivity contribution >= 4 is 0 Å². The Morgan fingerprint density at radius 1 is 1.12 bits per heavy atom. The quantitative estimate of drug-likeness (QED) is 0.777. The van der Waals surface area contributed by atoms with Crippen LogP contribution in [0.15, 0.2) is 0 Å². The SMILES string of the molecule is CC(N)C(N1CCCN(C)CC1)C(F)(F)F. The van der Waals surface area contributed by atoms with Crippen LogP contribution in [-0.2, 0) is 0 Å². The van der Waals surface area contributed by atoms with Crippen molar-refractivity contribution in [2.24, 2.45) is 5.73 Å². The zero-order chi connectivity index (χ0) is 12.3. The molecule has 1 aliphatic rings. The maximum atomic E-state index is 12.8. The van der Waals surface area contributed by atoms with Gasteiger partial charge in [0.1, 0.15) is 6.04 Å². The third kappa shape index (κ3) is 3.61. The van der Waals surface area contributed by atoms with Crippen LogP contribution in [0.4, 0.5) is 13.2 Å². The molecule has 0 radical (unpaired) electrons. The molecule has 2 N–H and O–H groups in total. The van der Waals surface area contributed by atoms with Gasteiger partial charge in [0.25, 0.3) is 0 Å². The van der Waals surface area contributed by atoms with Gasteiger partial charge in [0.05, 0.1) is 0 Å². The predicted octanol–water partition coefficient (Wildman–Crippen LogP) is 0.902. The molecule has 2 atom stereocenters. The standard InChI is InChI=1S/C10H20F3N3/c1-8(14)9(10(11,12)13)16-5-3-4-15(2)6-7-16/h8-9H,3-7,14H2,1-2H3. The van der Waals surface area contributed by atoms with Crippen molar-refractivity contribution in [2.75, 3.05) is 33.2 Å². The first kappa shape index (κ1) is 13.7. The molecule has 0 saturated carbocycles. The first-order chi connectivity index (χ1) is 7.32. The molecular weight excluding hydrogens is 219 g/mol. The van der Waals surface area contributed by atoms with E-state index in [1.165, 1.54) is 11.8 Å². The Bertz CT molecular complexity index is 218. The molecule has 0 spiro atoms. The summed E-state index contributed by atoms with van der Waals surface area (Å²) in [4.78, 5) is 3.52. The zero-order valence-electron chi connectivity index (χ0n) is 9.80. The molecule has 1 fully saturated rings. The lowest BCUT2D eigenvalue weighted by Crippen LogP contribution is -2.55. The Hall–Kier alpha value is -0.330. The summed E-state index contributed by atoms with van der Waals surface area (Å²) in [7, 11) is 1.93. The van der Waals surface area contributed by atoms with Crippen molar-refractivity contribution in [1.82, 2.24) is 9.80 Å². The first-order valence-electron chi connectivity index (χ1n) is 5.57. The maximum absolute atomic E-state index is 12.8. The van der Waals surface area contributed by atoms with E-state index in [4.69, 9.17) is 5.73 Å². The lowest BCUT2D eigenvalue weighted by Gasteiger charge is -2.34. The second-order valence-corrected chi connectivity index (χ2v) is 4.54. The van der Waals surface area contributed by atoms with E-state index in [0.29, 0.717) is 19.6 Å². The monoisotopic (exact) mass is 239 g/mol. The van der Waals surface area contributed by atoms with Gasteiger partial charge in [-0.1, -0.05) is 0 Å². The summed E-state index contributed by atoms with van der Waals surface area (Å²) in [5.74, 6) is 0. The molecule has 0 aromatic rings. The number of rotatable bonds is 2. The van der Waals surface area contributed by atoms with Gasteiger partial charge in [-0.2, -0.15) is 13.2 Å². The van der Waals surface area contributed by atoms with Crippen LogP contribution in [0.3, 0.4) is 0 Å². The average molecular weight is 239 g/mol. The first-order valence-corrected chi connectivity index (χ1v) is 5.57. The molecule has 16 heavy (non-hydrogen) atoms. The molecule has 0 amide bonds. The number of hydrogen-bond acceptors (Lipinski definition) is 3. The number of likely N-dealkylation sites (N-methyl/N-ethyl adjacent to an activating group) is 1. The lowest BCUT2D eigenvalue weighted by atomic mass is 10.1. The molecule has 1 heterocycles. The highest BCUT2D eigenvalue weighted by molar-refractivity contribution is 4.87. The molecule has 96 valence electrons. The molecule has 1 rings (SSSR count). The minimum Gasteiger partial charge on any atom is -0.326 e. The van der Waals surface area contributed by atoms with Gasteiger partial charge in [0, 0.05) is 25.7 Å². The zero-order valence-corrected chi connectivity index (χ0v) is 9.80. The summed E-state index contributed by atoms with van der Waals surface area (Å²) < 4.78 is 38.5. The number of halogens is 3. The Balaban J connectivity index is 2.71. The van der Waals surface area contributed by atoms with Crippen molar-refractivity contribution in [2.45, 2.75) is 31.6 Å². The summed E-state index contributed by atoms with van der Waals surface area (Å²) in [5, 5.41) is 0. The fourth-order valence-corrected chi connectivity index (χ4v) is 2.18. The third-order valence-corrected chi connectivity index (χ3v) is 2.98. The maximum Gasteiger partial charge on any atom is 0.405 e. The van der Waals surface area contributed by atoms with E-state index in [0.717, 1.165) is 13.0 Å². The molecule has 1 aliphatic heterocycles. The molecule has 0 bridgehead atoms. The predicted molar refractivity (Wildman–Crippen MR) is 57.2 cm³/mol. The smallest absolute Gasteiger partial charge is 0.326 e. The summed E-state index contributed by atoms with van der Waals surface area (Å²) >= 11 is 0. The van der Waals surface area contributed by atoms with Crippen LogP contribution in [0.5, 0.6) is 0 Å². The van der Waals surface area contributed by atoms with Crippen molar-refractivity contribution in [3.8, 4) is 0 Å². The molecule has 0 aromatic carbocycles. The fraction of sp³-hybridized carbons (Fsp3) is 1.00. The van der Waals surface area contributed by atoms with Crippen molar-refractivity contribution in [3.05, 3.63) is 0 Å². The van der Waals surface area contributed by atoms with E-state index in [9.17, 15) is 13.2 Å². The van der Waals surface area contributed by atoms with Gasteiger partial charge in [-0.3, -0.25) is 4.90 Å². The van der Waals surface area contributed by atoms with Crippen LogP contribution in [0.2, 0.25) is 0 Å². The van der Waals surface area contributed by atoms with Crippen LogP contribution in [0.25, 0.3) is 0 Å². The van der Waals surface area contributed by atoms with Gasteiger partial charge < -0.3 is 10.6 Å². The van der Waals surface area contributed by atoms with E-state index >= 15 is 0 Å².